The Morgan fingerprint density at radius 2 is 1.69 bits per heavy atom. The van der Waals surface area contributed by atoms with E-state index in [1.54, 1.807) is 19.2 Å². The summed E-state index contributed by atoms with van der Waals surface area (Å²) in [5, 5.41) is 5.60. The zero-order valence-corrected chi connectivity index (χ0v) is 15.2. The Hall–Kier alpha value is -2.73. The first-order valence-electron chi connectivity index (χ1n) is 8.80. The van der Waals surface area contributed by atoms with Crippen LogP contribution in [0.3, 0.4) is 0 Å². The molecule has 0 atom stereocenters. The molecule has 2 aromatic carbocycles. The van der Waals surface area contributed by atoms with E-state index in [2.05, 4.69) is 22.6 Å². The lowest BCUT2D eigenvalue weighted by molar-refractivity contribution is 0.114. The smallest absolute Gasteiger partial charge is 0.323 e. The van der Waals surface area contributed by atoms with Crippen molar-refractivity contribution in [3.05, 3.63) is 48.5 Å². The summed E-state index contributed by atoms with van der Waals surface area (Å²) >= 11 is 0. The fourth-order valence-corrected chi connectivity index (χ4v) is 2.91. The number of nitrogens with one attached hydrogen (secondary N) is 2. The van der Waals surface area contributed by atoms with Gasteiger partial charge in [-0.15, -0.1) is 0 Å². The molecule has 138 valence electrons. The molecule has 6 heteroatoms. The van der Waals surface area contributed by atoms with Crippen LogP contribution in [0.25, 0.3) is 0 Å². The number of benzene rings is 2. The molecule has 2 amide bonds. The maximum absolute atomic E-state index is 12.1. The average Bonchev–Trinajstić information content (AvgIpc) is 2.65. The molecule has 0 aliphatic carbocycles. The van der Waals surface area contributed by atoms with E-state index in [4.69, 9.17) is 9.47 Å². The molecule has 0 unspecified atom stereocenters. The van der Waals surface area contributed by atoms with Gasteiger partial charge in [-0.05, 0) is 56.3 Å². The van der Waals surface area contributed by atoms with E-state index >= 15 is 0 Å². The van der Waals surface area contributed by atoms with Crippen LogP contribution >= 0.6 is 0 Å². The van der Waals surface area contributed by atoms with Crippen molar-refractivity contribution in [1.82, 2.24) is 4.90 Å². The van der Waals surface area contributed by atoms with Crippen LogP contribution in [0.5, 0.6) is 11.5 Å². The number of likely N-dealkylation sites (tertiary alicyclic amines) is 1. The summed E-state index contributed by atoms with van der Waals surface area (Å²) in [5.74, 6) is 1.52. The Morgan fingerprint density at radius 1 is 1.00 bits per heavy atom. The number of methoxy groups -OCH3 is 1. The molecule has 0 bridgehead atoms. The van der Waals surface area contributed by atoms with Gasteiger partial charge in [0.2, 0.25) is 0 Å². The molecule has 1 aliphatic rings. The molecule has 26 heavy (non-hydrogen) atoms. The maximum atomic E-state index is 12.1. The number of ether oxygens (including phenoxy) is 2. The molecule has 0 aromatic heterocycles. The normalized spacial score (nSPS) is 15.3. The van der Waals surface area contributed by atoms with Crippen LogP contribution < -0.4 is 20.1 Å². The van der Waals surface area contributed by atoms with Crippen LogP contribution in [-0.4, -0.2) is 44.3 Å². The first-order valence-corrected chi connectivity index (χ1v) is 8.80. The number of hydrogen-bond donors (Lipinski definition) is 2. The third-order valence-corrected chi connectivity index (χ3v) is 4.41. The molecule has 1 fully saturated rings. The molecule has 1 heterocycles. The predicted molar refractivity (Wildman–Crippen MR) is 103 cm³/mol. The van der Waals surface area contributed by atoms with Crippen LogP contribution in [0.1, 0.15) is 12.8 Å². The second-order valence-electron chi connectivity index (χ2n) is 6.46. The van der Waals surface area contributed by atoms with Gasteiger partial charge in [-0.2, -0.15) is 0 Å². The van der Waals surface area contributed by atoms with Crippen molar-refractivity contribution < 1.29 is 14.3 Å². The van der Waals surface area contributed by atoms with Crippen LogP contribution in [-0.2, 0) is 0 Å². The average molecular weight is 355 g/mol. The summed E-state index contributed by atoms with van der Waals surface area (Å²) in [7, 11) is 3.72. The molecule has 0 spiro atoms. The Balaban J connectivity index is 1.51. The maximum Gasteiger partial charge on any atom is 0.323 e. The van der Waals surface area contributed by atoms with Gasteiger partial charge in [-0.3, -0.25) is 0 Å². The minimum Gasteiger partial charge on any atom is -0.497 e. The van der Waals surface area contributed by atoms with Crippen molar-refractivity contribution >= 4 is 17.4 Å². The number of piperidine rings is 1. The Morgan fingerprint density at radius 3 is 2.38 bits per heavy atom. The number of carbonyl (C=O) groups excluding carboxylic acids is 1. The van der Waals surface area contributed by atoms with E-state index in [0.29, 0.717) is 17.1 Å². The Bertz CT molecular complexity index is 725. The molecule has 1 aliphatic heterocycles. The van der Waals surface area contributed by atoms with Gasteiger partial charge >= 0.3 is 6.03 Å². The Kier molecular flexibility index (Phi) is 5.96. The van der Waals surface area contributed by atoms with E-state index in [1.807, 2.05) is 36.4 Å². The summed E-state index contributed by atoms with van der Waals surface area (Å²) in [5.41, 5.74) is 1.38. The van der Waals surface area contributed by atoms with Gasteiger partial charge in [0.1, 0.15) is 17.6 Å². The van der Waals surface area contributed by atoms with Crippen molar-refractivity contribution in [3.8, 4) is 11.5 Å². The SMILES string of the molecule is COc1cccc(NC(=O)Nc2ccc(OC3CCN(C)CC3)cc2)c1. The number of carbonyl (C=O) groups is 1. The van der Waals surface area contributed by atoms with Crippen LogP contribution in [0.2, 0.25) is 0 Å². The molecular formula is C20H25N3O3. The van der Waals surface area contributed by atoms with Crippen molar-refractivity contribution in [2.45, 2.75) is 18.9 Å². The lowest BCUT2D eigenvalue weighted by Crippen LogP contribution is -2.35. The number of hydrogen-bond acceptors (Lipinski definition) is 4. The molecule has 0 radical (unpaired) electrons. The number of rotatable bonds is 5. The summed E-state index contributed by atoms with van der Waals surface area (Å²) in [6, 6.07) is 14.4. The van der Waals surface area contributed by atoms with Crippen LogP contribution in [0.15, 0.2) is 48.5 Å². The zero-order valence-electron chi connectivity index (χ0n) is 15.2. The van der Waals surface area contributed by atoms with E-state index < -0.39 is 0 Å². The van der Waals surface area contributed by atoms with E-state index in [0.717, 1.165) is 31.7 Å². The summed E-state index contributed by atoms with van der Waals surface area (Å²) in [4.78, 5) is 14.4. The highest BCUT2D eigenvalue weighted by Crippen LogP contribution is 2.21. The molecule has 2 aromatic rings. The predicted octanol–water partition coefficient (Wildman–Crippen LogP) is 3.81. The minimum absolute atomic E-state index is 0.265. The Labute approximate surface area is 154 Å². The summed E-state index contributed by atoms with van der Waals surface area (Å²) in [6.45, 7) is 2.13. The van der Waals surface area contributed by atoms with Gasteiger partial charge in [-0.1, -0.05) is 6.07 Å². The third kappa shape index (κ3) is 5.13. The fraction of sp³-hybridized carbons (Fsp3) is 0.350. The van der Waals surface area contributed by atoms with Gasteiger partial charge < -0.3 is 25.0 Å². The number of amides is 2. The fourth-order valence-electron chi connectivity index (χ4n) is 2.91. The number of anilines is 2. The van der Waals surface area contributed by atoms with Gasteiger partial charge in [0, 0.05) is 30.5 Å². The highest BCUT2D eigenvalue weighted by atomic mass is 16.5. The topological polar surface area (TPSA) is 62.8 Å². The van der Waals surface area contributed by atoms with E-state index in [9.17, 15) is 4.79 Å². The largest absolute Gasteiger partial charge is 0.497 e. The molecule has 1 saturated heterocycles. The van der Waals surface area contributed by atoms with Crippen LogP contribution in [0, 0.1) is 0 Å². The van der Waals surface area contributed by atoms with E-state index in [1.165, 1.54) is 0 Å². The molecular weight excluding hydrogens is 330 g/mol. The first kappa shape index (κ1) is 18.1. The van der Waals surface area contributed by atoms with Crippen molar-refractivity contribution in [2.24, 2.45) is 0 Å². The zero-order chi connectivity index (χ0) is 18.4. The summed E-state index contributed by atoms with van der Waals surface area (Å²) < 4.78 is 11.2. The van der Waals surface area contributed by atoms with Gasteiger partial charge in [0.25, 0.3) is 0 Å². The molecule has 0 saturated carbocycles. The highest BCUT2D eigenvalue weighted by molar-refractivity contribution is 5.99. The number of nitrogens with zero attached hydrogens (tertiary/aromatic N) is 1. The van der Waals surface area contributed by atoms with E-state index in [-0.39, 0.29) is 12.1 Å². The standard InChI is InChI=1S/C20H25N3O3/c1-23-12-10-18(11-13-23)26-17-8-6-15(7-9-17)21-20(24)22-16-4-3-5-19(14-16)25-2/h3-9,14,18H,10-13H2,1-2H3,(H2,21,22,24). The summed E-state index contributed by atoms with van der Waals surface area (Å²) in [6.07, 6.45) is 2.35. The van der Waals surface area contributed by atoms with Gasteiger partial charge in [-0.25, -0.2) is 4.79 Å². The monoisotopic (exact) mass is 355 g/mol. The second kappa shape index (κ2) is 8.58. The second-order valence-corrected chi connectivity index (χ2v) is 6.46. The quantitative estimate of drug-likeness (QED) is 0.856. The first-order chi connectivity index (χ1) is 12.6. The van der Waals surface area contributed by atoms with Crippen molar-refractivity contribution in [3.63, 3.8) is 0 Å². The lowest BCUT2D eigenvalue weighted by Gasteiger charge is -2.29. The number of urea groups is 1. The van der Waals surface area contributed by atoms with Crippen molar-refractivity contribution in [2.75, 3.05) is 37.9 Å². The third-order valence-electron chi connectivity index (χ3n) is 4.41. The van der Waals surface area contributed by atoms with Gasteiger partial charge in [0.05, 0.1) is 7.11 Å². The van der Waals surface area contributed by atoms with Crippen LogP contribution in [0.4, 0.5) is 16.2 Å². The lowest BCUT2D eigenvalue weighted by atomic mass is 10.1. The molecule has 3 rings (SSSR count). The highest BCUT2D eigenvalue weighted by Gasteiger charge is 2.17. The van der Waals surface area contributed by atoms with Gasteiger partial charge in [0.15, 0.2) is 0 Å². The van der Waals surface area contributed by atoms with Crippen molar-refractivity contribution in [1.29, 1.82) is 0 Å². The molecule has 6 nitrogen and oxygen atoms in total. The molecule has 2 N–H and O–H groups in total. The minimum atomic E-state index is -0.303.